The third kappa shape index (κ3) is 4.66. The molecular formula is C16H15BrN2O3. The highest BCUT2D eigenvalue weighted by Crippen LogP contribution is 2.12. The predicted octanol–water partition coefficient (Wildman–Crippen LogP) is 3.20. The summed E-state index contributed by atoms with van der Waals surface area (Å²) in [5.74, 6) is -0.309. The van der Waals surface area contributed by atoms with Crippen LogP contribution in [-0.2, 0) is 16.0 Å². The van der Waals surface area contributed by atoms with Crippen LogP contribution in [0.3, 0.4) is 0 Å². The first-order valence-corrected chi connectivity index (χ1v) is 7.55. The summed E-state index contributed by atoms with van der Waals surface area (Å²) in [5.41, 5.74) is 1.25. The topological polar surface area (TPSA) is 68.3 Å². The molecule has 0 aliphatic heterocycles. The van der Waals surface area contributed by atoms with E-state index in [0.717, 1.165) is 10.0 Å². The molecule has 0 saturated carbocycles. The summed E-state index contributed by atoms with van der Waals surface area (Å²) < 4.78 is 5.87. The summed E-state index contributed by atoms with van der Waals surface area (Å²) in [6.45, 7) is 2.03. The molecule has 2 rings (SSSR count). The molecule has 0 atom stereocenters. The first-order chi connectivity index (χ1) is 10.6. The summed E-state index contributed by atoms with van der Waals surface area (Å²) >= 11 is 3.35. The van der Waals surface area contributed by atoms with Crippen LogP contribution in [0.1, 0.15) is 22.8 Å². The van der Waals surface area contributed by atoms with Gasteiger partial charge in [-0.15, -0.1) is 0 Å². The fourth-order valence-corrected chi connectivity index (χ4v) is 2.08. The molecule has 1 aromatic carbocycles. The lowest BCUT2D eigenvalue weighted by atomic mass is 10.1. The highest BCUT2D eigenvalue weighted by molar-refractivity contribution is 9.10. The lowest BCUT2D eigenvalue weighted by molar-refractivity contribution is -0.115. The van der Waals surface area contributed by atoms with Gasteiger partial charge < -0.3 is 10.1 Å². The Morgan fingerprint density at radius 2 is 1.95 bits per heavy atom. The number of aromatic nitrogens is 1. The van der Waals surface area contributed by atoms with Crippen molar-refractivity contribution in [1.82, 2.24) is 4.98 Å². The van der Waals surface area contributed by atoms with Crippen LogP contribution >= 0.6 is 15.9 Å². The van der Waals surface area contributed by atoms with E-state index in [9.17, 15) is 9.59 Å². The minimum Gasteiger partial charge on any atom is -0.462 e. The zero-order valence-electron chi connectivity index (χ0n) is 12.0. The Morgan fingerprint density at radius 3 is 2.64 bits per heavy atom. The van der Waals surface area contributed by atoms with Gasteiger partial charge in [0.25, 0.3) is 0 Å². The van der Waals surface area contributed by atoms with Crippen LogP contribution in [0.2, 0.25) is 0 Å². The number of amides is 1. The van der Waals surface area contributed by atoms with Crippen molar-refractivity contribution < 1.29 is 14.3 Å². The van der Waals surface area contributed by atoms with Gasteiger partial charge in [-0.1, -0.05) is 28.1 Å². The summed E-state index contributed by atoms with van der Waals surface area (Å²) in [7, 11) is 0. The van der Waals surface area contributed by atoms with Crippen LogP contribution < -0.4 is 5.32 Å². The molecule has 0 aliphatic carbocycles. The van der Waals surface area contributed by atoms with Gasteiger partial charge in [0.2, 0.25) is 5.91 Å². The van der Waals surface area contributed by atoms with Gasteiger partial charge in [0.15, 0.2) is 0 Å². The van der Waals surface area contributed by atoms with Crippen molar-refractivity contribution in [3.05, 3.63) is 58.2 Å². The zero-order valence-corrected chi connectivity index (χ0v) is 13.6. The van der Waals surface area contributed by atoms with Crippen molar-refractivity contribution in [2.45, 2.75) is 13.3 Å². The van der Waals surface area contributed by atoms with E-state index in [1.54, 1.807) is 13.0 Å². The van der Waals surface area contributed by atoms with Crippen LogP contribution in [0.5, 0.6) is 0 Å². The van der Waals surface area contributed by atoms with Gasteiger partial charge in [-0.25, -0.2) is 9.78 Å². The molecule has 1 heterocycles. The van der Waals surface area contributed by atoms with Gasteiger partial charge in [0, 0.05) is 10.7 Å². The van der Waals surface area contributed by atoms with Crippen molar-refractivity contribution in [1.29, 1.82) is 0 Å². The number of nitrogens with one attached hydrogen (secondary N) is 1. The van der Waals surface area contributed by atoms with E-state index >= 15 is 0 Å². The summed E-state index contributed by atoms with van der Waals surface area (Å²) in [5, 5.41) is 2.67. The number of anilines is 1. The van der Waals surface area contributed by atoms with Gasteiger partial charge in [0.1, 0.15) is 5.82 Å². The maximum absolute atomic E-state index is 12.0. The molecule has 0 unspecified atom stereocenters. The normalized spacial score (nSPS) is 10.1. The molecule has 22 heavy (non-hydrogen) atoms. The quantitative estimate of drug-likeness (QED) is 0.829. The number of ether oxygens (including phenoxy) is 1. The van der Waals surface area contributed by atoms with Crippen LogP contribution in [-0.4, -0.2) is 23.5 Å². The van der Waals surface area contributed by atoms with Crippen LogP contribution in [0, 0.1) is 0 Å². The van der Waals surface area contributed by atoms with Crippen LogP contribution in [0.4, 0.5) is 5.82 Å². The number of carbonyl (C=O) groups is 2. The van der Waals surface area contributed by atoms with E-state index in [1.165, 1.54) is 12.3 Å². The number of nitrogens with zero attached hydrogens (tertiary/aromatic N) is 1. The van der Waals surface area contributed by atoms with E-state index in [4.69, 9.17) is 4.74 Å². The third-order valence-electron chi connectivity index (χ3n) is 2.82. The SMILES string of the molecule is CCOC(=O)c1ccnc(NC(=O)Cc2ccc(Br)cc2)c1. The first-order valence-electron chi connectivity index (χ1n) is 6.76. The van der Waals surface area contributed by atoms with E-state index in [0.29, 0.717) is 18.0 Å². The average Bonchev–Trinajstić information content (AvgIpc) is 2.50. The number of esters is 1. The largest absolute Gasteiger partial charge is 0.462 e. The number of hydrogen-bond acceptors (Lipinski definition) is 4. The van der Waals surface area contributed by atoms with Gasteiger partial charge >= 0.3 is 5.97 Å². The minimum absolute atomic E-state index is 0.198. The molecule has 2 aromatic rings. The Bertz CT molecular complexity index is 671. The lowest BCUT2D eigenvalue weighted by Gasteiger charge is -2.06. The molecule has 114 valence electrons. The van der Waals surface area contributed by atoms with Crippen molar-refractivity contribution in [3.8, 4) is 0 Å². The number of halogens is 1. The van der Waals surface area contributed by atoms with Crippen LogP contribution in [0.25, 0.3) is 0 Å². The Labute approximate surface area is 136 Å². The number of benzene rings is 1. The van der Waals surface area contributed by atoms with Gasteiger partial charge in [-0.2, -0.15) is 0 Å². The molecular weight excluding hydrogens is 348 g/mol. The van der Waals surface area contributed by atoms with Gasteiger partial charge in [0.05, 0.1) is 18.6 Å². The van der Waals surface area contributed by atoms with E-state index in [-0.39, 0.29) is 12.3 Å². The molecule has 0 spiro atoms. The fourth-order valence-electron chi connectivity index (χ4n) is 1.81. The molecule has 0 saturated heterocycles. The molecule has 5 nitrogen and oxygen atoms in total. The van der Waals surface area contributed by atoms with Gasteiger partial charge in [-0.05, 0) is 36.8 Å². The highest BCUT2D eigenvalue weighted by atomic mass is 79.9. The second-order valence-electron chi connectivity index (χ2n) is 4.50. The zero-order chi connectivity index (χ0) is 15.9. The number of hydrogen-bond donors (Lipinski definition) is 1. The summed E-state index contributed by atoms with van der Waals surface area (Å²) in [6, 6.07) is 10.5. The molecule has 0 bridgehead atoms. The Balaban J connectivity index is 2.00. The fraction of sp³-hybridized carbons (Fsp3) is 0.188. The number of rotatable bonds is 5. The monoisotopic (exact) mass is 362 g/mol. The Morgan fingerprint density at radius 1 is 1.23 bits per heavy atom. The van der Waals surface area contributed by atoms with E-state index in [1.807, 2.05) is 24.3 Å². The standard InChI is InChI=1S/C16H15BrN2O3/c1-2-22-16(21)12-7-8-18-14(10-12)19-15(20)9-11-3-5-13(17)6-4-11/h3-8,10H,2,9H2,1H3,(H,18,19,20). The first kappa shape index (κ1) is 16.2. The molecule has 1 N–H and O–H groups in total. The molecule has 1 amide bonds. The highest BCUT2D eigenvalue weighted by Gasteiger charge is 2.10. The molecule has 6 heteroatoms. The second-order valence-corrected chi connectivity index (χ2v) is 5.42. The minimum atomic E-state index is -0.437. The van der Waals surface area contributed by atoms with Crippen molar-refractivity contribution in [2.75, 3.05) is 11.9 Å². The van der Waals surface area contributed by atoms with Crippen molar-refractivity contribution >= 4 is 33.6 Å². The molecule has 0 aliphatic rings. The predicted molar refractivity (Wildman–Crippen MR) is 86.7 cm³/mol. The second kappa shape index (κ2) is 7.70. The molecule has 0 fully saturated rings. The lowest BCUT2D eigenvalue weighted by Crippen LogP contribution is -2.16. The molecule has 0 radical (unpaired) electrons. The van der Waals surface area contributed by atoms with Gasteiger partial charge in [-0.3, -0.25) is 4.79 Å². The van der Waals surface area contributed by atoms with Crippen molar-refractivity contribution in [2.24, 2.45) is 0 Å². The average molecular weight is 363 g/mol. The van der Waals surface area contributed by atoms with Crippen molar-refractivity contribution in [3.63, 3.8) is 0 Å². The Kier molecular flexibility index (Phi) is 5.66. The third-order valence-corrected chi connectivity index (χ3v) is 3.35. The number of pyridine rings is 1. The van der Waals surface area contributed by atoms with E-state index in [2.05, 4.69) is 26.2 Å². The summed E-state index contributed by atoms with van der Waals surface area (Å²) in [6.07, 6.45) is 1.69. The number of carbonyl (C=O) groups excluding carboxylic acids is 2. The maximum Gasteiger partial charge on any atom is 0.338 e. The smallest absolute Gasteiger partial charge is 0.338 e. The molecule has 1 aromatic heterocycles. The maximum atomic E-state index is 12.0. The Hall–Kier alpha value is -2.21. The summed E-state index contributed by atoms with van der Waals surface area (Å²) in [4.78, 5) is 27.7. The van der Waals surface area contributed by atoms with E-state index < -0.39 is 5.97 Å². The van der Waals surface area contributed by atoms with Crippen LogP contribution in [0.15, 0.2) is 47.1 Å².